The monoisotopic (exact) mass is 1610 g/mol. The molecule has 38 nitrogen and oxygen atoms in total. The first-order valence-corrected chi connectivity index (χ1v) is 39.2. The number of carbonyl (C=O) groups excluding carboxylic acids is 8. The predicted molar refractivity (Wildman–Crippen MR) is 397 cm³/mol. The van der Waals surface area contributed by atoms with E-state index < -0.39 is 159 Å². The molecule has 650 valence electrons. The van der Waals surface area contributed by atoms with E-state index in [4.69, 9.17) is 61.6 Å². The van der Waals surface area contributed by atoms with E-state index in [1.807, 2.05) is 0 Å². The summed E-state index contributed by atoms with van der Waals surface area (Å²) in [4.78, 5) is 104. The summed E-state index contributed by atoms with van der Waals surface area (Å²) in [6.07, 6.45) is -12.2. The van der Waals surface area contributed by atoms with Gasteiger partial charge in [-0.15, -0.1) is 0 Å². The molecule has 3 aliphatic heterocycles. The number of aliphatic hydroxyl groups is 9. The molecule has 112 heavy (non-hydrogen) atoms. The number of ether oxygens (including phenoxy) is 13. The van der Waals surface area contributed by atoms with E-state index >= 15 is 0 Å². The van der Waals surface area contributed by atoms with E-state index in [-0.39, 0.29) is 199 Å². The zero-order valence-electron chi connectivity index (χ0n) is 66.9. The van der Waals surface area contributed by atoms with Crippen LogP contribution in [0.5, 0.6) is 0 Å². The molecule has 3 heterocycles. The number of hydrogen-bond donors (Lipinski definition) is 17. The van der Waals surface area contributed by atoms with Crippen LogP contribution in [0.3, 0.4) is 0 Å². The molecule has 0 spiro atoms. The highest BCUT2D eigenvalue weighted by atomic mass is 16.7. The van der Waals surface area contributed by atoms with Crippen LogP contribution in [0.25, 0.3) is 0 Å². The molecule has 17 N–H and O–H groups in total. The molecule has 0 aromatic carbocycles. The van der Waals surface area contributed by atoms with Crippen LogP contribution in [0.2, 0.25) is 0 Å². The lowest BCUT2D eigenvalue weighted by Crippen LogP contribution is -2.64. The maximum absolute atomic E-state index is 14.2. The first-order valence-electron chi connectivity index (χ1n) is 39.2. The molecule has 0 radical (unpaired) electrons. The topological polar surface area (TPSA) is 535 Å². The first-order chi connectivity index (χ1) is 53.2. The van der Waals surface area contributed by atoms with Crippen molar-refractivity contribution in [2.24, 2.45) is 22.7 Å². The van der Waals surface area contributed by atoms with Crippen molar-refractivity contribution in [3.05, 3.63) is 0 Å². The van der Waals surface area contributed by atoms with Gasteiger partial charge in [0.15, 0.2) is 18.9 Å². The van der Waals surface area contributed by atoms with Gasteiger partial charge in [0.1, 0.15) is 73.1 Å². The van der Waals surface area contributed by atoms with Crippen molar-refractivity contribution in [1.82, 2.24) is 42.5 Å². The fourth-order valence-corrected chi connectivity index (χ4v) is 13.8. The Morgan fingerprint density at radius 2 is 0.741 bits per heavy atom. The van der Waals surface area contributed by atoms with E-state index in [0.717, 1.165) is 19.3 Å². The number of amides is 8. The maximum Gasteiger partial charge on any atom is 0.220 e. The standard InChI is InChI=1S/C74H134N8O30/c1-46(2)50-13-14-51(39-50)109-45-73(8,9)43-72(6,7)44-78-55(89)11-10-12-59(93)82-74(18-15-56(90)75-21-24-100-27-30-103-33-36-106-69-60(79-47(3)86)66(97)63(94)52(40-83)110-69,19-16-57(91)76-22-25-101-28-31-104-34-37-107-70-61(80-48(4)87)67(98)64(95)53(41-84)111-70)20-17-58(92)77-23-26-102-29-32-105-35-38-108-71-62(81-49(5)88)68(99)65(96)54(42-85)112-71/h46,50-54,60-71,83-85,94-99H,10-45H2,1-9H3,(H,75,90)(H,76,91)(H,77,92)(H,78,89)(H,79,86)(H,80,87)(H,81,88)(H,82,93). The predicted octanol–water partition coefficient (Wildman–Crippen LogP) is -3.92. The van der Waals surface area contributed by atoms with Crippen LogP contribution in [-0.2, 0) is 99.9 Å². The van der Waals surface area contributed by atoms with E-state index in [0.29, 0.717) is 25.0 Å². The molecule has 4 rings (SSSR count). The van der Waals surface area contributed by atoms with Gasteiger partial charge in [0.2, 0.25) is 47.3 Å². The van der Waals surface area contributed by atoms with Crippen molar-refractivity contribution < 1.29 is 146 Å². The second kappa shape index (κ2) is 53.3. The van der Waals surface area contributed by atoms with Crippen LogP contribution in [0.4, 0.5) is 0 Å². The van der Waals surface area contributed by atoms with E-state index in [1.54, 1.807) is 0 Å². The zero-order valence-corrected chi connectivity index (χ0v) is 66.9. The second-order valence-electron chi connectivity index (χ2n) is 30.8. The summed E-state index contributed by atoms with van der Waals surface area (Å²) in [5.74, 6) is -2.26. The minimum atomic E-state index is -1.48. The molecule has 0 bridgehead atoms. The number of carbonyl (C=O) groups is 8. The van der Waals surface area contributed by atoms with Gasteiger partial charge < -0.3 is 150 Å². The summed E-state index contributed by atoms with van der Waals surface area (Å²) in [7, 11) is 0. The summed E-state index contributed by atoms with van der Waals surface area (Å²) in [6, 6.07) is -3.36. The summed E-state index contributed by atoms with van der Waals surface area (Å²) in [5, 5.41) is 113. The number of aliphatic hydroxyl groups excluding tert-OH is 9. The zero-order chi connectivity index (χ0) is 82.8. The number of rotatable bonds is 58. The average molecular weight is 1620 g/mol. The van der Waals surface area contributed by atoms with Gasteiger partial charge in [-0.2, -0.15) is 0 Å². The van der Waals surface area contributed by atoms with Crippen molar-refractivity contribution in [2.75, 3.05) is 152 Å². The van der Waals surface area contributed by atoms with Crippen LogP contribution in [-0.4, -0.2) is 349 Å². The largest absolute Gasteiger partial charge is 0.394 e. The molecule has 38 heteroatoms. The van der Waals surface area contributed by atoms with Crippen molar-refractivity contribution in [2.45, 2.75) is 249 Å². The Morgan fingerprint density at radius 3 is 1.07 bits per heavy atom. The fraction of sp³-hybridized carbons (Fsp3) is 0.892. The molecule has 17 unspecified atom stereocenters. The smallest absolute Gasteiger partial charge is 0.220 e. The molecule has 8 amide bonds. The SMILES string of the molecule is CC(=O)NC1C(OCCOCCOCCNC(=O)CCC(CCC(=O)NCCOCCOCCOC2OC(CO)C(O)C(O)C2NC(C)=O)(CCC(=O)NCCOCCOCCOC2OC(CO)C(O)C(O)C2NC(C)=O)NC(=O)CCCC(=O)NCC(C)(C)CC(C)(C)COC2CCC(C(C)C)C2)OC(CO)C(O)C1O. The van der Waals surface area contributed by atoms with Crippen LogP contribution in [0.1, 0.15) is 146 Å². The third-order valence-corrected chi connectivity index (χ3v) is 19.6. The van der Waals surface area contributed by atoms with Crippen molar-refractivity contribution >= 4 is 47.3 Å². The van der Waals surface area contributed by atoms with Gasteiger partial charge in [0.05, 0.1) is 132 Å². The van der Waals surface area contributed by atoms with Crippen LogP contribution < -0.4 is 42.5 Å². The van der Waals surface area contributed by atoms with Gasteiger partial charge in [-0.25, -0.2) is 0 Å². The van der Waals surface area contributed by atoms with Crippen molar-refractivity contribution in [3.63, 3.8) is 0 Å². The van der Waals surface area contributed by atoms with Crippen molar-refractivity contribution in [1.29, 1.82) is 0 Å². The minimum absolute atomic E-state index is 0.0226. The normalized spacial score (nSPS) is 26.7. The third-order valence-electron chi connectivity index (χ3n) is 19.6. The van der Waals surface area contributed by atoms with E-state index in [1.165, 1.54) is 27.2 Å². The third kappa shape index (κ3) is 38.3. The summed E-state index contributed by atoms with van der Waals surface area (Å²) in [5.41, 5.74) is -1.79. The van der Waals surface area contributed by atoms with Gasteiger partial charge in [-0.3, -0.25) is 38.4 Å². The molecule has 3 saturated heterocycles. The molecule has 1 saturated carbocycles. The van der Waals surface area contributed by atoms with Gasteiger partial charge in [0, 0.05) is 84.6 Å². The summed E-state index contributed by atoms with van der Waals surface area (Å²) in [6.45, 7) is 16.8. The van der Waals surface area contributed by atoms with E-state index in [9.17, 15) is 84.3 Å². The molecular formula is C74H134N8O30. The number of hydrogen-bond acceptors (Lipinski definition) is 30. The molecule has 17 atom stereocenters. The Hall–Kier alpha value is -5.12. The summed E-state index contributed by atoms with van der Waals surface area (Å²) >= 11 is 0. The fourth-order valence-electron chi connectivity index (χ4n) is 13.8. The molecule has 4 fully saturated rings. The van der Waals surface area contributed by atoms with Gasteiger partial charge in [-0.05, 0) is 74.0 Å². The van der Waals surface area contributed by atoms with Crippen LogP contribution in [0, 0.1) is 22.7 Å². The Labute approximate surface area is 657 Å². The Morgan fingerprint density at radius 1 is 0.411 bits per heavy atom. The highest BCUT2D eigenvalue weighted by molar-refractivity contribution is 5.81. The quantitative estimate of drug-likeness (QED) is 0.0259. The minimum Gasteiger partial charge on any atom is -0.394 e. The molecule has 1 aliphatic carbocycles. The lowest BCUT2D eigenvalue weighted by Gasteiger charge is -2.42. The maximum atomic E-state index is 14.2. The average Bonchev–Trinajstić information content (AvgIpc) is 0.949. The Kier molecular flexibility index (Phi) is 47.2. The molecule has 0 aromatic rings. The molecule has 4 aliphatic rings. The Balaban J connectivity index is 1.36. The molecule has 0 aromatic heterocycles. The van der Waals surface area contributed by atoms with Gasteiger partial charge in [-0.1, -0.05) is 41.5 Å². The van der Waals surface area contributed by atoms with Crippen molar-refractivity contribution in [3.8, 4) is 0 Å². The van der Waals surface area contributed by atoms with Crippen LogP contribution in [0.15, 0.2) is 0 Å². The van der Waals surface area contributed by atoms with Crippen LogP contribution >= 0.6 is 0 Å². The highest BCUT2D eigenvalue weighted by Crippen LogP contribution is 2.38. The molecular weight excluding hydrogens is 1480 g/mol. The second-order valence-corrected chi connectivity index (χ2v) is 30.8. The Bertz CT molecular complexity index is 2520. The van der Waals surface area contributed by atoms with E-state index in [2.05, 4.69) is 84.1 Å². The lowest BCUT2D eigenvalue weighted by atomic mass is 9.75. The lowest BCUT2D eigenvalue weighted by molar-refractivity contribution is -0.272. The first kappa shape index (κ1) is 99.2. The summed E-state index contributed by atoms with van der Waals surface area (Å²) < 4.78 is 73.9. The highest BCUT2D eigenvalue weighted by Gasteiger charge is 2.48. The van der Waals surface area contributed by atoms with Gasteiger partial charge >= 0.3 is 0 Å². The number of nitrogens with one attached hydrogen (secondary N) is 8. The van der Waals surface area contributed by atoms with Gasteiger partial charge in [0.25, 0.3) is 0 Å².